The van der Waals surface area contributed by atoms with E-state index in [2.05, 4.69) is 5.32 Å². The fraction of sp³-hybridized carbons (Fsp3) is 0.438. The van der Waals surface area contributed by atoms with Crippen LogP contribution in [0.4, 0.5) is 4.79 Å². The monoisotopic (exact) mass is 304 g/mol. The van der Waals surface area contributed by atoms with Crippen molar-refractivity contribution < 1.29 is 19.5 Å². The normalized spacial score (nSPS) is 17.6. The molecule has 0 spiro atoms. The van der Waals surface area contributed by atoms with Crippen molar-refractivity contribution in [1.29, 1.82) is 0 Å². The molecule has 1 saturated heterocycles. The van der Waals surface area contributed by atoms with Crippen molar-refractivity contribution in [3.63, 3.8) is 0 Å². The van der Waals surface area contributed by atoms with Gasteiger partial charge in [-0.05, 0) is 31.9 Å². The van der Waals surface area contributed by atoms with E-state index in [4.69, 9.17) is 5.11 Å². The molecule has 6 heteroatoms. The highest BCUT2D eigenvalue weighted by molar-refractivity contribution is 6.04. The summed E-state index contributed by atoms with van der Waals surface area (Å²) in [6, 6.07) is 5.19. The van der Waals surface area contributed by atoms with Crippen LogP contribution in [0.3, 0.4) is 0 Å². The highest BCUT2D eigenvalue weighted by Gasteiger charge is 2.36. The summed E-state index contributed by atoms with van der Waals surface area (Å²) in [5.41, 5.74) is 2.52. The number of aryl methyl sites for hydroxylation is 2. The fourth-order valence-electron chi connectivity index (χ4n) is 2.75. The molecule has 1 heterocycles. The number of carbonyl (C=O) groups is 3. The van der Waals surface area contributed by atoms with Crippen LogP contribution in [0.1, 0.15) is 34.3 Å². The van der Waals surface area contributed by atoms with E-state index in [9.17, 15) is 14.4 Å². The van der Waals surface area contributed by atoms with Crippen LogP contribution in [0.25, 0.3) is 0 Å². The van der Waals surface area contributed by atoms with Gasteiger partial charge in [-0.1, -0.05) is 17.7 Å². The Morgan fingerprint density at radius 3 is 2.77 bits per heavy atom. The van der Waals surface area contributed by atoms with Crippen molar-refractivity contribution in [3.05, 3.63) is 34.9 Å². The molecule has 1 unspecified atom stereocenters. The fourth-order valence-corrected chi connectivity index (χ4v) is 2.75. The minimum atomic E-state index is -1.14. The number of nitrogens with zero attached hydrogens (tertiary/aromatic N) is 1. The second kappa shape index (κ2) is 6.60. The van der Waals surface area contributed by atoms with Gasteiger partial charge in [-0.3, -0.25) is 9.59 Å². The van der Waals surface area contributed by atoms with Crippen molar-refractivity contribution in [2.75, 3.05) is 13.1 Å². The van der Waals surface area contributed by atoms with E-state index in [-0.39, 0.29) is 24.8 Å². The first-order valence-electron chi connectivity index (χ1n) is 7.28. The lowest BCUT2D eigenvalue weighted by atomic mass is 9.96. The Bertz CT molecular complexity index is 612. The molecule has 6 nitrogen and oxygen atoms in total. The summed E-state index contributed by atoms with van der Waals surface area (Å²) in [5, 5.41) is 10.8. The molecule has 1 aliphatic heterocycles. The molecular weight excluding hydrogens is 284 g/mol. The number of benzene rings is 1. The third kappa shape index (κ3) is 3.44. The van der Waals surface area contributed by atoms with E-state index >= 15 is 0 Å². The number of hydrogen-bond donors (Lipinski definition) is 2. The minimum Gasteiger partial charge on any atom is -0.465 e. The Morgan fingerprint density at radius 2 is 2.09 bits per heavy atom. The van der Waals surface area contributed by atoms with Gasteiger partial charge in [-0.25, -0.2) is 4.79 Å². The van der Waals surface area contributed by atoms with Crippen LogP contribution in [0.2, 0.25) is 0 Å². The Labute approximate surface area is 129 Å². The molecule has 1 fully saturated rings. The Balaban J connectivity index is 2.14. The molecule has 0 saturated carbocycles. The molecule has 1 atom stereocenters. The van der Waals surface area contributed by atoms with Gasteiger partial charge in [0.2, 0.25) is 5.91 Å². The van der Waals surface area contributed by atoms with Crippen LogP contribution in [0, 0.1) is 13.8 Å². The maximum absolute atomic E-state index is 12.7. The number of rotatable bonds is 5. The molecule has 0 aliphatic carbocycles. The zero-order chi connectivity index (χ0) is 16.3. The summed E-state index contributed by atoms with van der Waals surface area (Å²) in [5.74, 6) is -0.168. The Hall–Kier alpha value is -2.37. The third-order valence-electron chi connectivity index (χ3n) is 3.92. The van der Waals surface area contributed by atoms with E-state index in [1.807, 2.05) is 32.0 Å². The average Bonchev–Trinajstić information content (AvgIpc) is 2.82. The molecule has 0 bridgehead atoms. The summed E-state index contributed by atoms with van der Waals surface area (Å²) in [4.78, 5) is 36.7. The van der Waals surface area contributed by atoms with E-state index < -0.39 is 12.1 Å². The van der Waals surface area contributed by atoms with Crippen LogP contribution in [-0.4, -0.2) is 46.9 Å². The van der Waals surface area contributed by atoms with Crippen LogP contribution in [0.15, 0.2) is 18.2 Å². The van der Waals surface area contributed by atoms with Crippen molar-refractivity contribution >= 4 is 17.8 Å². The third-order valence-corrected chi connectivity index (χ3v) is 3.92. The Morgan fingerprint density at radius 1 is 1.36 bits per heavy atom. The molecule has 1 aromatic carbocycles. The van der Waals surface area contributed by atoms with Crippen LogP contribution in [-0.2, 0) is 4.79 Å². The zero-order valence-electron chi connectivity index (χ0n) is 12.8. The van der Waals surface area contributed by atoms with Gasteiger partial charge in [0.1, 0.15) is 0 Å². The molecule has 1 aliphatic rings. The number of carboxylic acid groups (broad SMARTS) is 1. The number of ketones is 1. The maximum atomic E-state index is 12.7. The first kappa shape index (κ1) is 16.0. The lowest BCUT2D eigenvalue weighted by molar-refractivity contribution is -0.128. The standard InChI is InChI=1S/C16H20N2O4/c1-10-3-4-11(2)12(9-10)15(20)13-5-6-14(19)18(13)8-7-17-16(21)22/h3-4,9,13,17H,5-8H2,1-2H3,(H,21,22). The molecule has 22 heavy (non-hydrogen) atoms. The van der Waals surface area contributed by atoms with Gasteiger partial charge in [0, 0.05) is 25.1 Å². The molecule has 2 rings (SSSR count). The predicted molar refractivity (Wildman–Crippen MR) is 81.0 cm³/mol. The summed E-state index contributed by atoms with van der Waals surface area (Å²) in [6.45, 7) is 4.13. The van der Waals surface area contributed by atoms with Gasteiger partial charge >= 0.3 is 6.09 Å². The van der Waals surface area contributed by atoms with Crippen molar-refractivity contribution in [3.8, 4) is 0 Å². The van der Waals surface area contributed by atoms with Crippen molar-refractivity contribution in [2.24, 2.45) is 0 Å². The van der Waals surface area contributed by atoms with Gasteiger partial charge in [-0.15, -0.1) is 0 Å². The van der Waals surface area contributed by atoms with Gasteiger partial charge < -0.3 is 15.3 Å². The summed E-state index contributed by atoms with van der Waals surface area (Å²) < 4.78 is 0. The molecule has 2 N–H and O–H groups in total. The van der Waals surface area contributed by atoms with Crippen LogP contribution in [0.5, 0.6) is 0 Å². The maximum Gasteiger partial charge on any atom is 0.404 e. The number of Topliss-reactive ketones (excluding diaryl/α,β-unsaturated/α-hetero) is 1. The second-order valence-electron chi connectivity index (χ2n) is 5.56. The Kier molecular flexibility index (Phi) is 4.80. The average molecular weight is 304 g/mol. The van der Waals surface area contributed by atoms with E-state index in [0.29, 0.717) is 18.4 Å². The van der Waals surface area contributed by atoms with Crippen molar-refractivity contribution in [1.82, 2.24) is 10.2 Å². The summed E-state index contributed by atoms with van der Waals surface area (Å²) in [6.07, 6.45) is -0.323. The van der Waals surface area contributed by atoms with Gasteiger partial charge in [0.05, 0.1) is 6.04 Å². The predicted octanol–water partition coefficient (Wildman–Crippen LogP) is 1.74. The van der Waals surface area contributed by atoms with Crippen molar-refractivity contribution in [2.45, 2.75) is 32.7 Å². The van der Waals surface area contributed by atoms with E-state index in [0.717, 1.165) is 11.1 Å². The number of carbonyl (C=O) groups excluding carboxylic acids is 2. The molecule has 118 valence electrons. The summed E-state index contributed by atoms with van der Waals surface area (Å²) >= 11 is 0. The highest BCUT2D eigenvalue weighted by Crippen LogP contribution is 2.24. The smallest absolute Gasteiger partial charge is 0.404 e. The van der Waals surface area contributed by atoms with Gasteiger partial charge in [-0.2, -0.15) is 0 Å². The minimum absolute atomic E-state index is 0.0672. The number of amides is 2. The lowest BCUT2D eigenvalue weighted by Gasteiger charge is -2.24. The van der Waals surface area contributed by atoms with Gasteiger partial charge in [0.15, 0.2) is 5.78 Å². The van der Waals surface area contributed by atoms with E-state index in [1.165, 1.54) is 4.90 Å². The quantitative estimate of drug-likeness (QED) is 0.811. The molecule has 1 aromatic rings. The van der Waals surface area contributed by atoms with Crippen LogP contribution < -0.4 is 5.32 Å². The number of nitrogens with one attached hydrogen (secondary N) is 1. The van der Waals surface area contributed by atoms with E-state index in [1.54, 1.807) is 0 Å². The molecule has 0 radical (unpaired) electrons. The van der Waals surface area contributed by atoms with Crippen LogP contribution >= 0.6 is 0 Å². The molecule has 2 amide bonds. The first-order chi connectivity index (χ1) is 10.4. The molecule has 0 aromatic heterocycles. The lowest BCUT2D eigenvalue weighted by Crippen LogP contribution is -2.43. The zero-order valence-corrected chi connectivity index (χ0v) is 12.8. The number of likely N-dealkylation sites (tertiary alicyclic amines) is 1. The largest absolute Gasteiger partial charge is 0.465 e. The topological polar surface area (TPSA) is 86.7 Å². The highest BCUT2D eigenvalue weighted by atomic mass is 16.4. The number of hydrogen-bond acceptors (Lipinski definition) is 3. The first-order valence-corrected chi connectivity index (χ1v) is 7.28. The second-order valence-corrected chi connectivity index (χ2v) is 5.56. The van der Waals surface area contributed by atoms with Gasteiger partial charge in [0.25, 0.3) is 0 Å². The molecular formula is C16H20N2O4. The summed E-state index contributed by atoms with van der Waals surface area (Å²) in [7, 11) is 0. The SMILES string of the molecule is Cc1ccc(C)c(C(=O)C2CCC(=O)N2CCNC(=O)O)c1.